The number of carbonyl (C=O) groups is 2. The van der Waals surface area contributed by atoms with Gasteiger partial charge in [0.15, 0.2) is 0 Å². The number of amides is 2. The highest BCUT2D eigenvalue weighted by Crippen LogP contribution is 2.43. The summed E-state index contributed by atoms with van der Waals surface area (Å²) in [4.78, 5) is 42.5. The second kappa shape index (κ2) is 12.2. The van der Waals surface area contributed by atoms with E-state index in [1.54, 1.807) is 0 Å². The van der Waals surface area contributed by atoms with Crippen LogP contribution < -0.4 is 4.90 Å². The predicted molar refractivity (Wildman–Crippen MR) is 182 cm³/mol. The van der Waals surface area contributed by atoms with Gasteiger partial charge in [-0.15, -0.1) is 0 Å². The van der Waals surface area contributed by atoms with E-state index >= 15 is 0 Å². The van der Waals surface area contributed by atoms with Crippen LogP contribution in [-0.4, -0.2) is 75.1 Å². The highest BCUT2D eigenvalue weighted by molar-refractivity contribution is 9.10. The van der Waals surface area contributed by atoms with Crippen molar-refractivity contribution in [3.05, 3.63) is 83.1 Å². The maximum atomic E-state index is 14.6. The quantitative estimate of drug-likeness (QED) is 0.236. The zero-order chi connectivity index (χ0) is 31.9. The molecule has 45 heavy (non-hydrogen) atoms. The largest absolute Gasteiger partial charge is 0.444 e. The summed E-state index contributed by atoms with van der Waals surface area (Å²) in [6, 6.07) is 20.1. The number of anilines is 1. The molecule has 1 unspecified atom stereocenters. The summed E-state index contributed by atoms with van der Waals surface area (Å²) >= 11 is 3.55. The first-order chi connectivity index (χ1) is 21.4. The molecule has 2 fully saturated rings. The third-order valence-corrected chi connectivity index (χ3v) is 9.59. The van der Waals surface area contributed by atoms with E-state index in [0.29, 0.717) is 26.2 Å². The minimum absolute atomic E-state index is 0.0537. The second-order valence-electron chi connectivity index (χ2n) is 13.7. The molecule has 4 heterocycles. The summed E-state index contributed by atoms with van der Waals surface area (Å²) in [5.41, 5.74) is 4.03. The van der Waals surface area contributed by atoms with E-state index in [4.69, 9.17) is 4.74 Å². The zero-order valence-corrected chi connectivity index (χ0v) is 28.3. The molecule has 2 atom stereocenters. The number of H-pyrrole nitrogens is 1. The van der Waals surface area contributed by atoms with Gasteiger partial charge in [-0.25, -0.2) is 9.78 Å². The van der Waals surface area contributed by atoms with Crippen LogP contribution >= 0.6 is 15.9 Å². The van der Waals surface area contributed by atoms with E-state index in [9.17, 15) is 9.59 Å². The van der Waals surface area contributed by atoms with Crippen molar-refractivity contribution in [3.8, 4) is 11.1 Å². The maximum Gasteiger partial charge on any atom is 0.411 e. The number of fused-ring (bicyclic) bond motifs is 1. The Balaban J connectivity index is 1.29. The Bertz CT molecular complexity index is 1670. The number of hydrogen-bond donors (Lipinski definition) is 1. The molecule has 2 aromatic carbocycles. The normalized spacial score (nSPS) is 19.2. The first-order valence-corrected chi connectivity index (χ1v) is 16.6. The molecule has 2 aromatic heterocycles. The second-order valence-corrected chi connectivity index (χ2v) is 14.7. The van der Waals surface area contributed by atoms with Crippen LogP contribution in [0.2, 0.25) is 0 Å². The van der Waals surface area contributed by atoms with Crippen molar-refractivity contribution in [2.24, 2.45) is 0 Å². The lowest BCUT2D eigenvalue weighted by Gasteiger charge is -2.42. The minimum Gasteiger partial charge on any atom is -0.444 e. The van der Waals surface area contributed by atoms with E-state index < -0.39 is 17.1 Å². The number of carbonyl (C=O) groups excluding carboxylic acids is 2. The van der Waals surface area contributed by atoms with Gasteiger partial charge in [-0.05, 0) is 76.8 Å². The Kier molecular flexibility index (Phi) is 8.41. The van der Waals surface area contributed by atoms with Crippen molar-refractivity contribution in [2.45, 2.75) is 70.6 Å². The number of likely N-dealkylation sites (tertiary alicyclic amines) is 1. The predicted octanol–water partition coefficient (Wildman–Crippen LogP) is 7.60. The Hall–Kier alpha value is -3.85. The molecule has 4 aromatic rings. The first-order valence-electron chi connectivity index (χ1n) is 15.8. The van der Waals surface area contributed by atoms with Crippen molar-refractivity contribution in [2.75, 3.05) is 31.1 Å². The number of rotatable bonds is 5. The van der Waals surface area contributed by atoms with Crippen LogP contribution in [0.1, 0.15) is 58.9 Å². The molecule has 2 aliphatic rings. The maximum absolute atomic E-state index is 14.6. The molecule has 0 spiro atoms. The molecule has 0 bridgehead atoms. The van der Waals surface area contributed by atoms with Crippen molar-refractivity contribution >= 4 is 44.7 Å². The summed E-state index contributed by atoms with van der Waals surface area (Å²) in [7, 11) is 0. The fourth-order valence-electron chi connectivity index (χ4n) is 6.92. The molecule has 2 amide bonds. The van der Waals surface area contributed by atoms with Crippen LogP contribution in [0.15, 0.2) is 77.5 Å². The molecule has 9 heteroatoms. The molecule has 2 saturated heterocycles. The van der Waals surface area contributed by atoms with Crippen molar-refractivity contribution in [1.82, 2.24) is 19.8 Å². The molecule has 0 radical (unpaired) electrons. The van der Waals surface area contributed by atoms with Crippen LogP contribution in [-0.2, 0) is 9.53 Å². The molecular weight excluding hydrogens is 630 g/mol. The highest BCUT2D eigenvalue weighted by atomic mass is 79.9. The van der Waals surface area contributed by atoms with E-state index in [1.165, 1.54) is 0 Å². The lowest BCUT2D eigenvalue weighted by molar-refractivity contribution is -0.134. The van der Waals surface area contributed by atoms with E-state index in [1.807, 2.05) is 85.4 Å². The molecular formula is C36H42BrN5O3. The molecule has 0 aliphatic carbocycles. The monoisotopic (exact) mass is 671 g/mol. The van der Waals surface area contributed by atoms with Gasteiger partial charge < -0.3 is 19.5 Å². The van der Waals surface area contributed by atoms with Gasteiger partial charge in [0.2, 0.25) is 5.91 Å². The lowest BCUT2D eigenvalue weighted by atomic mass is 9.88. The van der Waals surface area contributed by atoms with Gasteiger partial charge in [0, 0.05) is 59.5 Å². The summed E-state index contributed by atoms with van der Waals surface area (Å²) in [6.45, 7) is 12.3. The topological polar surface area (TPSA) is 81.8 Å². The van der Waals surface area contributed by atoms with Crippen molar-refractivity contribution in [3.63, 3.8) is 0 Å². The Morgan fingerprint density at radius 2 is 1.69 bits per heavy atom. The van der Waals surface area contributed by atoms with Crippen LogP contribution in [0.3, 0.4) is 0 Å². The molecule has 1 N–H and O–H groups in total. The third kappa shape index (κ3) is 6.32. The summed E-state index contributed by atoms with van der Waals surface area (Å²) in [5.74, 6) is -0.450. The molecule has 2 aliphatic heterocycles. The van der Waals surface area contributed by atoms with Crippen molar-refractivity contribution in [1.29, 1.82) is 0 Å². The fraction of sp³-hybridized carbons (Fsp3) is 0.417. The van der Waals surface area contributed by atoms with Gasteiger partial charge in [0.05, 0.1) is 17.6 Å². The van der Waals surface area contributed by atoms with Crippen LogP contribution in [0.4, 0.5) is 10.5 Å². The smallest absolute Gasteiger partial charge is 0.411 e. The number of benzene rings is 2. The van der Waals surface area contributed by atoms with E-state index in [2.05, 4.69) is 62.8 Å². The fourth-order valence-corrected chi connectivity index (χ4v) is 7.18. The minimum atomic E-state index is -0.635. The first kappa shape index (κ1) is 31.1. The van der Waals surface area contributed by atoms with Gasteiger partial charge in [-0.2, -0.15) is 0 Å². The number of halogens is 1. The number of piperazine rings is 1. The Labute approximate surface area is 273 Å². The molecule has 8 nitrogen and oxygen atoms in total. The van der Waals surface area contributed by atoms with Gasteiger partial charge in [0.1, 0.15) is 11.2 Å². The average molecular weight is 673 g/mol. The number of hydrogen-bond acceptors (Lipinski definition) is 5. The number of aromatic amines is 1. The van der Waals surface area contributed by atoms with Crippen molar-refractivity contribution < 1.29 is 14.3 Å². The Morgan fingerprint density at radius 3 is 2.36 bits per heavy atom. The SMILES string of the molecule is CC(C)(C)OC(=O)N1C([C@@H](C(=O)N2CCN(c3c(-c4ccccc4)cnc4[nH]ccc34)CC2)c2ccc(Br)cc2)CCC1(C)C. The lowest BCUT2D eigenvalue weighted by Crippen LogP contribution is -2.55. The summed E-state index contributed by atoms with van der Waals surface area (Å²) < 4.78 is 6.85. The molecule has 0 saturated carbocycles. The number of aromatic nitrogens is 2. The standard InChI is InChI=1S/C36H42BrN5O3/c1-35(2,3)45-34(44)42-29(15-17-36(42,4)5)30(25-11-13-26(37)14-12-25)33(43)41-21-19-40(20-22-41)31-27-16-18-38-32(27)39-23-28(31)24-9-7-6-8-10-24/h6-14,16,18,23,29-30H,15,17,19-22H2,1-5H3,(H,38,39)/t29?,30-/m0/s1. The number of ether oxygens (including phenoxy) is 1. The average Bonchev–Trinajstić information content (AvgIpc) is 3.61. The molecule has 236 valence electrons. The van der Waals surface area contributed by atoms with Gasteiger partial charge >= 0.3 is 6.09 Å². The van der Waals surface area contributed by atoms with E-state index in [-0.39, 0.29) is 18.0 Å². The summed E-state index contributed by atoms with van der Waals surface area (Å²) in [6.07, 6.45) is 5.02. The van der Waals surface area contributed by atoms with Gasteiger partial charge in [-0.3, -0.25) is 9.69 Å². The van der Waals surface area contributed by atoms with E-state index in [0.717, 1.165) is 50.7 Å². The van der Waals surface area contributed by atoms with Crippen LogP contribution in [0.25, 0.3) is 22.2 Å². The van der Waals surface area contributed by atoms with Crippen LogP contribution in [0, 0.1) is 0 Å². The Morgan fingerprint density at radius 1 is 1.00 bits per heavy atom. The highest BCUT2D eigenvalue weighted by Gasteiger charge is 2.50. The van der Waals surface area contributed by atoms with Gasteiger partial charge in [0.25, 0.3) is 0 Å². The number of pyridine rings is 1. The van der Waals surface area contributed by atoms with Crippen LogP contribution in [0.5, 0.6) is 0 Å². The molecule has 6 rings (SSSR count). The number of nitrogens with zero attached hydrogens (tertiary/aromatic N) is 4. The number of nitrogens with one attached hydrogen (secondary N) is 1. The van der Waals surface area contributed by atoms with Gasteiger partial charge in [-0.1, -0.05) is 58.4 Å². The summed E-state index contributed by atoms with van der Waals surface area (Å²) in [5, 5.41) is 1.07. The zero-order valence-electron chi connectivity index (χ0n) is 26.7. The third-order valence-electron chi connectivity index (χ3n) is 9.06.